The minimum atomic E-state index is -0.449. The van der Waals surface area contributed by atoms with Crippen molar-refractivity contribution in [3.8, 4) is 0 Å². The van der Waals surface area contributed by atoms with Crippen molar-refractivity contribution in [2.75, 3.05) is 19.7 Å². The second-order valence-electron chi connectivity index (χ2n) is 5.65. The van der Waals surface area contributed by atoms with Gasteiger partial charge in [0.15, 0.2) is 0 Å². The Hall–Kier alpha value is -0.520. The first kappa shape index (κ1) is 17.5. The first-order chi connectivity index (χ1) is 7.83. The normalized spacial score (nSPS) is 19.1. The number of amides is 1. The summed E-state index contributed by atoms with van der Waals surface area (Å²) in [5, 5.41) is 8.98. The van der Waals surface area contributed by atoms with Crippen molar-refractivity contribution in [2.24, 2.45) is 11.7 Å². The summed E-state index contributed by atoms with van der Waals surface area (Å²) >= 11 is 0. The zero-order valence-electron chi connectivity index (χ0n) is 11.4. The molecule has 1 saturated heterocycles. The summed E-state index contributed by atoms with van der Waals surface area (Å²) in [6.45, 7) is 6.91. The van der Waals surface area contributed by atoms with Gasteiger partial charge in [0, 0.05) is 19.1 Å². The fourth-order valence-corrected chi connectivity index (χ4v) is 1.99. The van der Waals surface area contributed by atoms with Crippen molar-refractivity contribution in [1.29, 1.82) is 0 Å². The average Bonchev–Trinajstić information content (AvgIpc) is 2.26. The Balaban J connectivity index is 0.00000289. The number of hydrogen-bond acceptors (Lipinski definition) is 4. The number of likely N-dealkylation sites (tertiary alicyclic amines) is 1. The standard InChI is InChI=1S/C12H24N2O3.ClH/c1-12(2,3)17-11(16)14-6-4-9(5-7-14)10(13)8-15;/h9-10,15H,4-8,13H2,1-3H3;1H/t10-;/m1./s1. The molecule has 1 rings (SSSR count). The van der Waals surface area contributed by atoms with Gasteiger partial charge in [-0.05, 0) is 39.5 Å². The number of carbonyl (C=O) groups is 1. The molecule has 5 nitrogen and oxygen atoms in total. The van der Waals surface area contributed by atoms with Gasteiger partial charge >= 0.3 is 6.09 Å². The molecule has 0 aromatic carbocycles. The second kappa shape index (κ2) is 7.16. The highest BCUT2D eigenvalue weighted by Crippen LogP contribution is 2.21. The summed E-state index contributed by atoms with van der Waals surface area (Å²) in [4.78, 5) is 13.5. The van der Waals surface area contributed by atoms with Crippen molar-refractivity contribution < 1.29 is 14.6 Å². The molecule has 0 unspecified atom stereocenters. The summed E-state index contributed by atoms with van der Waals surface area (Å²) in [5.74, 6) is 0.304. The molecule has 1 fully saturated rings. The molecular weight excluding hydrogens is 256 g/mol. The maximum atomic E-state index is 11.8. The van der Waals surface area contributed by atoms with Crippen molar-refractivity contribution in [2.45, 2.75) is 45.3 Å². The zero-order chi connectivity index (χ0) is 13.1. The predicted octanol–water partition coefficient (Wildman–Crippen LogP) is 1.37. The van der Waals surface area contributed by atoms with E-state index in [2.05, 4.69) is 0 Å². The number of hydrogen-bond donors (Lipinski definition) is 2. The molecule has 1 heterocycles. The Bertz CT molecular complexity index is 261. The van der Waals surface area contributed by atoms with Gasteiger partial charge in [0.2, 0.25) is 0 Å². The van der Waals surface area contributed by atoms with E-state index >= 15 is 0 Å². The SMILES string of the molecule is CC(C)(C)OC(=O)N1CCC([C@H](N)CO)CC1.Cl. The van der Waals surface area contributed by atoms with Crippen LogP contribution >= 0.6 is 12.4 Å². The fourth-order valence-electron chi connectivity index (χ4n) is 1.99. The number of piperidine rings is 1. The smallest absolute Gasteiger partial charge is 0.410 e. The average molecular weight is 281 g/mol. The molecule has 1 atom stereocenters. The van der Waals surface area contributed by atoms with Crippen LogP contribution in [0.1, 0.15) is 33.6 Å². The third kappa shape index (κ3) is 5.42. The summed E-state index contributed by atoms with van der Waals surface area (Å²) in [6, 6.07) is -0.171. The molecular formula is C12H25ClN2O3. The molecule has 0 spiro atoms. The molecule has 0 saturated carbocycles. The maximum absolute atomic E-state index is 11.8. The molecule has 0 bridgehead atoms. The molecule has 108 valence electrons. The molecule has 1 aliphatic heterocycles. The molecule has 0 aromatic heterocycles. The minimum absolute atomic E-state index is 0. The second-order valence-corrected chi connectivity index (χ2v) is 5.65. The van der Waals surface area contributed by atoms with Crippen LogP contribution in [0.3, 0.4) is 0 Å². The van der Waals surface area contributed by atoms with Crippen LogP contribution in [0.4, 0.5) is 4.79 Å². The van der Waals surface area contributed by atoms with E-state index in [1.807, 2.05) is 20.8 Å². The monoisotopic (exact) mass is 280 g/mol. The van der Waals surface area contributed by atoms with Gasteiger partial charge < -0.3 is 20.5 Å². The number of halogens is 1. The number of aliphatic hydroxyl groups excluding tert-OH is 1. The Kier molecular flexibility index (Phi) is 6.96. The quantitative estimate of drug-likeness (QED) is 0.801. The first-order valence-corrected chi connectivity index (χ1v) is 6.18. The van der Waals surface area contributed by atoms with E-state index in [1.165, 1.54) is 0 Å². The van der Waals surface area contributed by atoms with E-state index < -0.39 is 5.60 Å². The van der Waals surface area contributed by atoms with Crippen molar-refractivity contribution in [1.82, 2.24) is 4.90 Å². The van der Waals surface area contributed by atoms with Gasteiger partial charge in [0.05, 0.1) is 6.61 Å². The Morgan fingerprint density at radius 2 is 1.94 bits per heavy atom. The number of aliphatic hydroxyl groups is 1. The van der Waals surface area contributed by atoms with Gasteiger partial charge in [0.1, 0.15) is 5.60 Å². The number of nitrogens with zero attached hydrogens (tertiary/aromatic N) is 1. The van der Waals surface area contributed by atoms with Gasteiger partial charge in [-0.3, -0.25) is 0 Å². The largest absolute Gasteiger partial charge is 0.444 e. The van der Waals surface area contributed by atoms with Crippen LogP contribution in [0.25, 0.3) is 0 Å². The van der Waals surface area contributed by atoms with E-state index in [-0.39, 0.29) is 31.1 Å². The number of rotatable bonds is 2. The molecule has 0 radical (unpaired) electrons. The lowest BCUT2D eigenvalue weighted by Gasteiger charge is -2.35. The maximum Gasteiger partial charge on any atom is 0.410 e. The van der Waals surface area contributed by atoms with Gasteiger partial charge in [-0.25, -0.2) is 4.79 Å². The molecule has 0 aromatic rings. The molecule has 0 aliphatic carbocycles. The Labute approximate surface area is 115 Å². The lowest BCUT2D eigenvalue weighted by Crippen LogP contribution is -2.46. The Morgan fingerprint density at radius 1 is 1.44 bits per heavy atom. The third-order valence-electron chi connectivity index (χ3n) is 3.01. The molecule has 1 amide bonds. The molecule has 1 aliphatic rings. The van der Waals surface area contributed by atoms with Crippen LogP contribution in [0, 0.1) is 5.92 Å². The van der Waals surface area contributed by atoms with Gasteiger partial charge in [-0.1, -0.05) is 0 Å². The fraction of sp³-hybridized carbons (Fsp3) is 0.917. The highest BCUT2D eigenvalue weighted by molar-refractivity contribution is 5.85. The van der Waals surface area contributed by atoms with Gasteiger partial charge in [-0.15, -0.1) is 12.4 Å². The van der Waals surface area contributed by atoms with Crippen LogP contribution in [0.2, 0.25) is 0 Å². The summed E-state index contributed by atoms with van der Waals surface area (Å²) in [6.07, 6.45) is 1.41. The van der Waals surface area contributed by atoms with E-state index in [1.54, 1.807) is 4.90 Å². The van der Waals surface area contributed by atoms with Crippen molar-refractivity contribution in [3.05, 3.63) is 0 Å². The summed E-state index contributed by atoms with van der Waals surface area (Å²) < 4.78 is 5.31. The summed E-state index contributed by atoms with van der Waals surface area (Å²) in [7, 11) is 0. The van der Waals surface area contributed by atoms with Crippen LogP contribution in [0.15, 0.2) is 0 Å². The van der Waals surface area contributed by atoms with E-state index in [4.69, 9.17) is 15.6 Å². The number of carbonyl (C=O) groups excluding carboxylic acids is 1. The highest BCUT2D eigenvalue weighted by Gasteiger charge is 2.28. The molecule has 18 heavy (non-hydrogen) atoms. The van der Waals surface area contributed by atoms with Crippen molar-refractivity contribution >= 4 is 18.5 Å². The lowest BCUT2D eigenvalue weighted by molar-refractivity contribution is 0.0166. The van der Waals surface area contributed by atoms with Crippen LogP contribution in [0.5, 0.6) is 0 Å². The zero-order valence-corrected chi connectivity index (χ0v) is 12.2. The predicted molar refractivity (Wildman–Crippen MR) is 72.8 cm³/mol. The van der Waals surface area contributed by atoms with Crippen LogP contribution < -0.4 is 5.73 Å². The summed E-state index contributed by atoms with van der Waals surface area (Å²) in [5.41, 5.74) is 5.34. The first-order valence-electron chi connectivity index (χ1n) is 6.18. The van der Waals surface area contributed by atoms with E-state index in [9.17, 15) is 4.79 Å². The third-order valence-corrected chi connectivity index (χ3v) is 3.01. The van der Waals surface area contributed by atoms with Gasteiger partial charge in [-0.2, -0.15) is 0 Å². The topological polar surface area (TPSA) is 75.8 Å². The highest BCUT2D eigenvalue weighted by atomic mass is 35.5. The minimum Gasteiger partial charge on any atom is -0.444 e. The number of ether oxygens (including phenoxy) is 1. The van der Waals surface area contributed by atoms with Crippen LogP contribution in [-0.4, -0.2) is 47.4 Å². The van der Waals surface area contributed by atoms with E-state index in [0.717, 1.165) is 12.8 Å². The van der Waals surface area contributed by atoms with E-state index in [0.29, 0.717) is 19.0 Å². The van der Waals surface area contributed by atoms with Crippen LogP contribution in [-0.2, 0) is 4.74 Å². The Morgan fingerprint density at radius 3 is 2.33 bits per heavy atom. The number of nitrogens with two attached hydrogens (primary N) is 1. The molecule has 6 heteroatoms. The lowest BCUT2D eigenvalue weighted by atomic mass is 9.90. The van der Waals surface area contributed by atoms with Crippen molar-refractivity contribution in [3.63, 3.8) is 0 Å². The van der Waals surface area contributed by atoms with Gasteiger partial charge in [0.25, 0.3) is 0 Å². The molecule has 3 N–H and O–H groups in total.